The largest absolute Gasteiger partial charge is 0.327 e. The molecule has 0 aliphatic carbocycles. The standard InChI is InChI=1S/C13H21N3S/c1-3-10(14)8-11-7-9(2)15-13(16-11)12-5-4-6-17-12/h7,10,12H,3-6,8,14H2,1-2H3. The first kappa shape index (κ1) is 12.8. The molecule has 0 saturated carbocycles. The SMILES string of the molecule is CCC(N)Cc1cc(C)nc(C2CCCS2)n1. The van der Waals surface area contributed by atoms with Crippen molar-refractivity contribution in [2.24, 2.45) is 5.73 Å². The van der Waals surface area contributed by atoms with Gasteiger partial charge in [0.05, 0.1) is 5.25 Å². The van der Waals surface area contributed by atoms with Crippen molar-refractivity contribution >= 4 is 11.8 Å². The van der Waals surface area contributed by atoms with E-state index in [2.05, 4.69) is 18.0 Å². The van der Waals surface area contributed by atoms with Gasteiger partial charge in [-0.05, 0) is 38.0 Å². The molecule has 2 heterocycles. The van der Waals surface area contributed by atoms with Gasteiger partial charge in [-0.15, -0.1) is 0 Å². The summed E-state index contributed by atoms with van der Waals surface area (Å²) < 4.78 is 0. The molecule has 1 saturated heterocycles. The van der Waals surface area contributed by atoms with E-state index >= 15 is 0 Å². The van der Waals surface area contributed by atoms with Gasteiger partial charge in [0.1, 0.15) is 5.82 Å². The van der Waals surface area contributed by atoms with Crippen LogP contribution < -0.4 is 5.73 Å². The summed E-state index contributed by atoms with van der Waals surface area (Å²) in [6, 6.07) is 2.28. The van der Waals surface area contributed by atoms with Gasteiger partial charge < -0.3 is 5.73 Å². The Kier molecular flexibility index (Phi) is 4.40. The summed E-state index contributed by atoms with van der Waals surface area (Å²) in [6.45, 7) is 4.16. The number of nitrogens with zero attached hydrogens (tertiary/aromatic N) is 2. The maximum atomic E-state index is 5.99. The fraction of sp³-hybridized carbons (Fsp3) is 0.692. The minimum absolute atomic E-state index is 0.216. The summed E-state index contributed by atoms with van der Waals surface area (Å²) >= 11 is 1.98. The smallest absolute Gasteiger partial charge is 0.141 e. The Labute approximate surface area is 108 Å². The molecule has 0 aromatic carbocycles. The van der Waals surface area contributed by atoms with Crippen molar-refractivity contribution in [3.8, 4) is 0 Å². The summed E-state index contributed by atoms with van der Waals surface area (Å²) in [6.07, 6.45) is 4.37. The zero-order valence-electron chi connectivity index (χ0n) is 10.6. The number of rotatable bonds is 4. The Morgan fingerprint density at radius 3 is 3.00 bits per heavy atom. The third-order valence-electron chi connectivity index (χ3n) is 3.14. The van der Waals surface area contributed by atoms with Gasteiger partial charge in [-0.2, -0.15) is 11.8 Å². The molecular weight excluding hydrogens is 230 g/mol. The Morgan fingerprint density at radius 1 is 1.53 bits per heavy atom. The minimum atomic E-state index is 0.216. The molecule has 2 rings (SSSR count). The van der Waals surface area contributed by atoms with E-state index in [1.54, 1.807) is 0 Å². The highest BCUT2D eigenvalue weighted by Crippen LogP contribution is 2.38. The normalized spacial score (nSPS) is 21.7. The van der Waals surface area contributed by atoms with Crippen LogP contribution in [0.5, 0.6) is 0 Å². The first-order valence-corrected chi connectivity index (χ1v) is 7.45. The van der Waals surface area contributed by atoms with Gasteiger partial charge >= 0.3 is 0 Å². The lowest BCUT2D eigenvalue weighted by Gasteiger charge is -2.12. The molecule has 2 atom stereocenters. The zero-order valence-corrected chi connectivity index (χ0v) is 11.5. The molecule has 0 bridgehead atoms. The number of hydrogen-bond donors (Lipinski definition) is 1. The van der Waals surface area contributed by atoms with Crippen LogP contribution in [0, 0.1) is 6.92 Å². The minimum Gasteiger partial charge on any atom is -0.327 e. The number of aryl methyl sites for hydroxylation is 1. The first-order valence-electron chi connectivity index (χ1n) is 6.40. The van der Waals surface area contributed by atoms with Gasteiger partial charge in [0.15, 0.2) is 0 Å². The van der Waals surface area contributed by atoms with Crippen LogP contribution in [-0.2, 0) is 6.42 Å². The number of thioether (sulfide) groups is 1. The Balaban J connectivity index is 2.16. The third kappa shape index (κ3) is 3.42. The monoisotopic (exact) mass is 251 g/mol. The van der Waals surface area contributed by atoms with E-state index in [1.165, 1.54) is 18.6 Å². The quantitative estimate of drug-likeness (QED) is 0.893. The molecule has 2 unspecified atom stereocenters. The molecule has 1 aliphatic rings. The van der Waals surface area contributed by atoms with Crippen LogP contribution in [0.4, 0.5) is 0 Å². The van der Waals surface area contributed by atoms with Gasteiger partial charge in [-0.25, -0.2) is 9.97 Å². The maximum absolute atomic E-state index is 5.99. The molecule has 94 valence electrons. The molecule has 0 spiro atoms. The lowest BCUT2D eigenvalue weighted by Crippen LogP contribution is -2.22. The van der Waals surface area contributed by atoms with Crippen LogP contribution in [0.25, 0.3) is 0 Å². The van der Waals surface area contributed by atoms with Crippen molar-refractivity contribution in [1.82, 2.24) is 9.97 Å². The second-order valence-electron chi connectivity index (χ2n) is 4.73. The van der Waals surface area contributed by atoms with E-state index in [1.807, 2.05) is 18.7 Å². The summed E-state index contributed by atoms with van der Waals surface area (Å²) in [4.78, 5) is 9.27. The van der Waals surface area contributed by atoms with Crippen molar-refractivity contribution in [1.29, 1.82) is 0 Å². The van der Waals surface area contributed by atoms with Crippen molar-refractivity contribution in [3.05, 3.63) is 23.3 Å². The highest BCUT2D eigenvalue weighted by Gasteiger charge is 2.21. The van der Waals surface area contributed by atoms with Gasteiger partial charge in [-0.1, -0.05) is 6.92 Å². The highest BCUT2D eigenvalue weighted by atomic mass is 32.2. The van der Waals surface area contributed by atoms with E-state index < -0.39 is 0 Å². The van der Waals surface area contributed by atoms with Crippen molar-refractivity contribution < 1.29 is 0 Å². The summed E-state index contributed by atoms with van der Waals surface area (Å²) in [5, 5.41) is 0.506. The molecular formula is C13H21N3S. The number of aromatic nitrogens is 2. The Morgan fingerprint density at radius 2 is 2.35 bits per heavy atom. The predicted molar refractivity (Wildman–Crippen MR) is 73.2 cm³/mol. The molecule has 1 aromatic rings. The van der Waals surface area contributed by atoms with Crippen molar-refractivity contribution in [3.63, 3.8) is 0 Å². The first-order chi connectivity index (χ1) is 8.19. The highest BCUT2D eigenvalue weighted by molar-refractivity contribution is 7.99. The van der Waals surface area contributed by atoms with E-state index in [4.69, 9.17) is 10.7 Å². The van der Waals surface area contributed by atoms with Gasteiger partial charge in [0, 0.05) is 23.9 Å². The summed E-state index contributed by atoms with van der Waals surface area (Å²) in [7, 11) is 0. The molecule has 1 fully saturated rings. The lowest BCUT2D eigenvalue weighted by atomic mass is 10.1. The molecule has 4 heteroatoms. The molecule has 0 radical (unpaired) electrons. The van der Waals surface area contributed by atoms with Crippen LogP contribution >= 0.6 is 11.8 Å². The number of hydrogen-bond acceptors (Lipinski definition) is 4. The molecule has 2 N–H and O–H groups in total. The molecule has 17 heavy (non-hydrogen) atoms. The Bertz CT molecular complexity index is 375. The molecule has 1 aliphatic heterocycles. The summed E-state index contributed by atoms with van der Waals surface area (Å²) in [5.41, 5.74) is 8.17. The van der Waals surface area contributed by atoms with Crippen LogP contribution in [-0.4, -0.2) is 21.8 Å². The van der Waals surface area contributed by atoms with Crippen LogP contribution in [0.1, 0.15) is 48.6 Å². The fourth-order valence-corrected chi connectivity index (χ4v) is 3.31. The number of nitrogens with two attached hydrogens (primary N) is 1. The maximum Gasteiger partial charge on any atom is 0.141 e. The molecule has 1 aromatic heterocycles. The van der Waals surface area contributed by atoms with E-state index in [0.29, 0.717) is 5.25 Å². The van der Waals surface area contributed by atoms with Crippen molar-refractivity contribution in [2.75, 3.05) is 5.75 Å². The van der Waals surface area contributed by atoms with Crippen molar-refractivity contribution in [2.45, 2.75) is 50.8 Å². The molecule has 0 amide bonds. The fourth-order valence-electron chi connectivity index (χ4n) is 2.10. The van der Waals surface area contributed by atoms with E-state index in [0.717, 1.165) is 30.1 Å². The van der Waals surface area contributed by atoms with Gasteiger partial charge in [0.2, 0.25) is 0 Å². The second kappa shape index (κ2) is 5.83. The zero-order chi connectivity index (χ0) is 12.3. The van der Waals surface area contributed by atoms with Gasteiger partial charge in [0.25, 0.3) is 0 Å². The van der Waals surface area contributed by atoms with Gasteiger partial charge in [-0.3, -0.25) is 0 Å². The van der Waals surface area contributed by atoms with E-state index in [-0.39, 0.29) is 6.04 Å². The topological polar surface area (TPSA) is 51.8 Å². The predicted octanol–water partition coefficient (Wildman–Crippen LogP) is 2.63. The lowest BCUT2D eigenvalue weighted by molar-refractivity contribution is 0.629. The Hall–Kier alpha value is -0.610. The van der Waals surface area contributed by atoms with Crippen LogP contribution in [0.15, 0.2) is 6.07 Å². The van der Waals surface area contributed by atoms with Crippen LogP contribution in [0.3, 0.4) is 0 Å². The average Bonchev–Trinajstić information content (AvgIpc) is 2.81. The molecule has 3 nitrogen and oxygen atoms in total. The summed E-state index contributed by atoms with van der Waals surface area (Å²) in [5.74, 6) is 2.26. The van der Waals surface area contributed by atoms with Crippen LogP contribution in [0.2, 0.25) is 0 Å². The van der Waals surface area contributed by atoms with E-state index in [9.17, 15) is 0 Å². The third-order valence-corrected chi connectivity index (χ3v) is 4.51. The average molecular weight is 251 g/mol. The second-order valence-corrected chi connectivity index (χ2v) is 6.04.